The molecule has 1 aromatic carbocycles. The number of thioether (sulfide) groups is 1. The van der Waals surface area contributed by atoms with Gasteiger partial charge in [0.05, 0.1) is 18.9 Å². The molecule has 23 heavy (non-hydrogen) atoms. The van der Waals surface area contributed by atoms with Crippen LogP contribution in [-0.4, -0.2) is 40.4 Å². The van der Waals surface area contributed by atoms with E-state index in [0.717, 1.165) is 35.0 Å². The highest BCUT2D eigenvalue weighted by Gasteiger charge is 2.29. The van der Waals surface area contributed by atoms with Gasteiger partial charge >= 0.3 is 0 Å². The fraction of sp³-hybridized carbons (Fsp3) is 0.400. The number of amides is 1. The molecule has 6 nitrogen and oxygen atoms in total. The predicted octanol–water partition coefficient (Wildman–Crippen LogP) is 2.58. The molecule has 2 heterocycles. The Morgan fingerprint density at radius 2 is 2.22 bits per heavy atom. The number of anilines is 1. The quantitative estimate of drug-likeness (QED) is 0.835. The van der Waals surface area contributed by atoms with Crippen LogP contribution in [-0.2, 0) is 4.79 Å². The van der Waals surface area contributed by atoms with Crippen LogP contribution in [0.5, 0.6) is 5.75 Å². The monoisotopic (exact) mass is 350 g/mol. The fourth-order valence-electron chi connectivity index (χ4n) is 2.72. The molecule has 2 aromatic rings. The third-order valence-electron chi connectivity index (χ3n) is 3.81. The van der Waals surface area contributed by atoms with E-state index in [2.05, 4.69) is 10.2 Å². The second-order valence-corrected chi connectivity index (χ2v) is 7.44. The van der Waals surface area contributed by atoms with Crippen LogP contribution in [0.15, 0.2) is 28.6 Å². The van der Waals surface area contributed by atoms with E-state index >= 15 is 0 Å². The second-order valence-electron chi connectivity index (χ2n) is 5.21. The zero-order chi connectivity index (χ0) is 16.2. The number of carbonyl (C=O) groups is 1. The van der Waals surface area contributed by atoms with Gasteiger partial charge in [0.1, 0.15) is 5.75 Å². The maximum absolute atomic E-state index is 12.5. The summed E-state index contributed by atoms with van der Waals surface area (Å²) < 4.78 is 5.92. The molecular formula is C15H18N4O2S2. The minimum Gasteiger partial charge on any atom is -0.497 e. The highest BCUT2D eigenvalue weighted by Crippen LogP contribution is 2.34. The van der Waals surface area contributed by atoms with Gasteiger partial charge in [-0.15, -0.1) is 10.2 Å². The Labute approximate surface area is 143 Å². The van der Waals surface area contributed by atoms with E-state index in [0.29, 0.717) is 10.9 Å². The zero-order valence-corrected chi connectivity index (χ0v) is 14.4. The highest BCUT2D eigenvalue weighted by molar-refractivity contribution is 8.01. The van der Waals surface area contributed by atoms with E-state index in [1.807, 2.05) is 29.2 Å². The summed E-state index contributed by atoms with van der Waals surface area (Å²) in [6.45, 7) is 0.800. The lowest BCUT2D eigenvalue weighted by Crippen LogP contribution is -2.31. The van der Waals surface area contributed by atoms with Crippen molar-refractivity contribution in [1.82, 2.24) is 15.1 Å². The van der Waals surface area contributed by atoms with Crippen molar-refractivity contribution in [2.24, 2.45) is 0 Å². The number of carbonyl (C=O) groups excluding carboxylic acids is 1. The number of ether oxygens (including phenoxy) is 1. The molecule has 1 unspecified atom stereocenters. The summed E-state index contributed by atoms with van der Waals surface area (Å²) >= 11 is 2.70. The summed E-state index contributed by atoms with van der Waals surface area (Å²) in [4.78, 5) is 14.5. The molecule has 2 N–H and O–H groups in total. The summed E-state index contributed by atoms with van der Waals surface area (Å²) in [5.41, 5.74) is 6.71. The average molecular weight is 350 g/mol. The van der Waals surface area contributed by atoms with E-state index < -0.39 is 0 Å². The van der Waals surface area contributed by atoms with Crippen LogP contribution < -0.4 is 10.5 Å². The van der Waals surface area contributed by atoms with Gasteiger partial charge in [0, 0.05) is 6.54 Å². The van der Waals surface area contributed by atoms with E-state index in [1.165, 1.54) is 23.1 Å². The number of nitrogens with zero attached hydrogens (tertiary/aromatic N) is 3. The van der Waals surface area contributed by atoms with Crippen molar-refractivity contribution < 1.29 is 9.53 Å². The minimum atomic E-state index is 0.127. The highest BCUT2D eigenvalue weighted by atomic mass is 32.2. The lowest BCUT2D eigenvalue weighted by atomic mass is 10.0. The first-order valence-electron chi connectivity index (χ1n) is 7.32. The zero-order valence-electron chi connectivity index (χ0n) is 12.8. The first kappa shape index (κ1) is 16.1. The summed E-state index contributed by atoms with van der Waals surface area (Å²) in [6, 6.07) is 8.10. The number of methoxy groups -OCH3 is 1. The first-order valence-corrected chi connectivity index (χ1v) is 9.13. The molecule has 1 saturated heterocycles. The standard InChI is InChI=1S/C15H18N4O2S2/c1-21-11-6-4-10(5-7-11)12-3-2-8-19(12)13(20)9-22-15-18-17-14(16)23-15/h4-7,12H,2-3,8-9H2,1H3,(H2,16,17). The number of nitrogen functional groups attached to an aromatic ring is 1. The Hall–Kier alpha value is -1.80. The summed E-state index contributed by atoms with van der Waals surface area (Å²) in [5, 5.41) is 8.12. The number of aromatic nitrogens is 2. The molecule has 0 aliphatic carbocycles. The lowest BCUT2D eigenvalue weighted by molar-refractivity contribution is -0.129. The molecule has 1 aliphatic heterocycles. The van der Waals surface area contributed by atoms with Gasteiger partial charge in [-0.25, -0.2) is 0 Å². The molecule has 0 spiro atoms. The number of rotatable bonds is 5. The fourth-order valence-corrected chi connectivity index (χ4v) is 4.25. The topological polar surface area (TPSA) is 81.3 Å². The van der Waals surface area contributed by atoms with Crippen LogP contribution >= 0.6 is 23.1 Å². The third-order valence-corrected chi connectivity index (χ3v) is 5.69. The van der Waals surface area contributed by atoms with Crippen molar-refractivity contribution in [3.63, 3.8) is 0 Å². The van der Waals surface area contributed by atoms with Crippen molar-refractivity contribution in [3.05, 3.63) is 29.8 Å². The van der Waals surface area contributed by atoms with Gasteiger partial charge in [-0.1, -0.05) is 35.2 Å². The molecule has 1 aliphatic rings. The molecule has 3 rings (SSSR count). The number of hydrogen-bond acceptors (Lipinski definition) is 7. The number of nitrogens with two attached hydrogens (primary N) is 1. The normalized spacial score (nSPS) is 17.4. The molecule has 0 radical (unpaired) electrons. The third kappa shape index (κ3) is 3.76. The number of hydrogen-bond donors (Lipinski definition) is 1. The Balaban J connectivity index is 1.64. The van der Waals surface area contributed by atoms with E-state index in [4.69, 9.17) is 10.5 Å². The predicted molar refractivity (Wildman–Crippen MR) is 91.7 cm³/mol. The molecule has 1 fully saturated rings. The molecular weight excluding hydrogens is 332 g/mol. The van der Waals surface area contributed by atoms with Gasteiger partial charge in [0.15, 0.2) is 4.34 Å². The number of benzene rings is 1. The smallest absolute Gasteiger partial charge is 0.233 e. The molecule has 122 valence electrons. The number of likely N-dealkylation sites (tertiary alicyclic amines) is 1. The molecule has 8 heteroatoms. The van der Waals surface area contributed by atoms with Crippen LogP contribution in [0.25, 0.3) is 0 Å². The van der Waals surface area contributed by atoms with Crippen molar-refractivity contribution in [1.29, 1.82) is 0 Å². The van der Waals surface area contributed by atoms with Crippen molar-refractivity contribution >= 4 is 34.1 Å². The van der Waals surface area contributed by atoms with E-state index in [9.17, 15) is 4.79 Å². The molecule has 0 saturated carbocycles. The van der Waals surface area contributed by atoms with Gasteiger partial charge in [-0.3, -0.25) is 4.79 Å². The van der Waals surface area contributed by atoms with Gasteiger partial charge in [0.25, 0.3) is 0 Å². The maximum atomic E-state index is 12.5. The van der Waals surface area contributed by atoms with Crippen molar-refractivity contribution in [2.45, 2.75) is 23.2 Å². The van der Waals surface area contributed by atoms with E-state index in [-0.39, 0.29) is 11.9 Å². The molecule has 1 amide bonds. The Morgan fingerprint density at radius 3 is 2.87 bits per heavy atom. The van der Waals surface area contributed by atoms with E-state index in [1.54, 1.807) is 7.11 Å². The van der Waals surface area contributed by atoms with Gasteiger partial charge in [-0.05, 0) is 30.5 Å². The van der Waals surface area contributed by atoms with Crippen LogP contribution in [0.2, 0.25) is 0 Å². The molecule has 1 aromatic heterocycles. The maximum Gasteiger partial charge on any atom is 0.233 e. The summed E-state index contributed by atoms with van der Waals surface area (Å²) in [6.07, 6.45) is 2.02. The minimum absolute atomic E-state index is 0.127. The molecule has 0 bridgehead atoms. The van der Waals surface area contributed by atoms with Crippen LogP contribution in [0.1, 0.15) is 24.4 Å². The SMILES string of the molecule is COc1ccc(C2CCCN2C(=O)CSc2nnc(N)s2)cc1. The largest absolute Gasteiger partial charge is 0.497 e. The van der Waals surface area contributed by atoms with Gasteiger partial charge in [-0.2, -0.15) is 0 Å². The summed E-state index contributed by atoms with van der Waals surface area (Å²) in [5.74, 6) is 1.32. The average Bonchev–Trinajstić information content (AvgIpc) is 3.21. The Bertz CT molecular complexity index is 674. The van der Waals surface area contributed by atoms with Gasteiger partial charge < -0.3 is 15.4 Å². The van der Waals surface area contributed by atoms with Crippen LogP contribution in [0.4, 0.5) is 5.13 Å². The second kappa shape index (κ2) is 7.18. The summed E-state index contributed by atoms with van der Waals surface area (Å²) in [7, 11) is 1.65. The van der Waals surface area contributed by atoms with Crippen LogP contribution in [0.3, 0.4) is 0 Å². The van der Waals surface area contributed by atoms with Crippen molar-refractivity contribution in [2.75, 3.05) is 25.1 Å². The van der Waals surface area contributed by atoms with Gasteiger partial charge in [0.2, 0.25) is 11.0 Å². The molecule has 1 atom stereocenters. The van der Waals surface area contributed by atoms with Crippen LogP contribution in [0, 0.1) is 0 Å². The van der Waals surface area contributed by atoms with Crippen molar-refractivity contribution in [3.8, 4) is 5.75 Å². The Kier molecular flexibility index (Phi) is 5.02. The Morgan fingerprint density at radius 1 is 1.43 bits per heavy atom. The lowest BCUT2D eigenvalue weighted by Gasteiger charge is -2.25. The first-order chi connectivity index (χ1) is 11.2.